The summed E-state index contributed by atoms with van der Waals surface area (Å²) in [5.41, 5.74) is 0. The second-order valence-electron chi connectivity index (χ2n) is 0.519. The first-order chi connectivity index (χ1) is 1.73. The quantitative estimate of drug-likeness (QED) is 0.536. The molecule has 5 heteroatoms. The summed E-state index contributed by atoms with van der Waals surface area (Å²) in [6.07, 6.45) is 0. The largest absolute Gasteiger partial charge is 0.481 e. The smallest absolute Gasteiger partial charge is 0.300 e. The van der Waals surface area contributed by atoms with Crippen molar-refractivity contribution < 1.29 is 29.4 Å². The Balaban J connectivity index is -0.0000000150. The number of rotatable bonds is 0. The molecule has 0 rings (SSSR count). The van der Waals surface area contributed by atoms with Crippen LogP contribution in [-0.4, -0.2) is 11.1 Å². The molecule has 42 valence electrons. The second kappa shape index (κ2) is 16.2. The summed E-state index contributed by atoms with van der Waals surface area (Å²) < 4.78 is 0. The molecule has 7 heavy (non-hydrogen) atoms. The van der Waals surface area contributed by atoms with E-state index in [1.165, 1.54) is 0 Å². The van der Waals surface area contributed by atoms with Crippen LogP contribution < -0.4 is 6.15 Å². The first-order valence-corrected chi connectivity index (χ1v) is 0.928. The molecular formula is C2H8ClNO2Zn. The molecule has 0 aliphatic carbocycles. The minimum Gasteiger partial charge on any atom is -0.481 e. The Labute approximate surface area is 61.2 Å². The minimum atomic E-state index is -0.833. The number of carbonyl (C=O) groups is 1. The van der Waals surface area contributed by atoms with Crippen molar-refractivity contribution in [1.29, 1.82) is 0 Å². The molecule has 0 amide bonds. The number of hydrogen-bond acceptors (Lipinski definition) is 2. The molecule has 0 aliphatic heterocycles. The van der Waals surface area contributed by atoms with Gasteiger partial charge in [-0.05, 0) is 0 Å². The number of hydrogen-bond donors (Lipinski definition) is 2. The molecule has 0 aromatic carbocycles. The van der Waals surface area contributed by atoms with E-state index < -0.39 is 5.97 Å². The van der Waals surface area contributed by atoms with E-state index in [2.05, 4.69) is 0 Å². The van der Waals surface area contributed by atoms with Crippen LogP contribution in [0.15, 0.2) is 0 Å². The van der Waals surface area contributed by atoms with Crippen LogP contribution in [-0.2, 0) is 24.3 Å². The monoisotopic (exact) mass is 177 g/mol. The van der Waals surface area contributed by atoms with Gasteiger partial charge in [0.1, 0.15) is 0 Å². The van der Waals surface area contributed by atoms with Gasteiger partial charge in [-0.2, -0.15) is 0 Å². The van der Waals surface area contributed by atoms with Gasteiger partial charge >= 0.3 is 0 Å². The Morgan fingerprint density at radius 1 is 1.57 bits per heavy atom. The molecule has 3 nitrogen and oxygen atoms in total. The number of carboxylic acid groups (broad SMARTS) is 1. The fraction of sp³-hybridized carbons (Fsp3) is 0.500. The van der Waals surface area contributed by atoms with Crippen molar-refractivity contribution in [3.05, 3.63) is 0 Å². The minimum absolute atomic E-state index is 0. The van der Waals surface area contributed by atoms with Crippen molar-refractivity contribution in [2.24, 2.45) is 0 Å². The fourth-order valence-corrected chi connectivity index (χ4v) is 0. The van der Waals surface area contributed by atoms with Crippen molar-refractivity contribution in [1.82, 2.24) is 6.15 Å². The molecule has 4 N–H and O–H groups in total. The van der Waals surface area contributed by atoms with Gasteiger partial charge in [-0.15, -0.1) is 12.4 Å². The van der Waals surface area contributed by atoms with Crippen LogP contribution >= 0.6 is 12.4 Å². The van der Waals surface area contributed by atoms with Crippen LogP contribution in [0.25, 0.3) is 0 Å². The Morgan fingerprint density at radius 3 is 1.57 bits per heavy atom. The van der Waals surface area contributed by atoms with Crippen LogP contribution in [0.3, 0.4) is 0 Å². The first-order valence-electron chi connectivity index (χ1n) is 0.928. The van der Waals surface area contributed by atoms with Crippen molar-refractivity contribution in [2.45, 2.75) is 6.92 Å². The molecule has 0 unspecified atom stereocenters. The van der Waals surface area contributed by atoms with Crippen LogP contribution in [0.5, 0.6) is 0 Å². The molecular weight excluding hydrogens is 171 g/mol. The molecule has 0 heterocycles. The zero-order valence-corrected chi connectivity index (χ0v) is 7.96. The number of aliphatic carboxylic acids is 1. The van der Waals surface area contributed by atoms with Gasteiger partial charge in [0.2, 0.25) is 0 Å². The van der Waals surface area contributed by atoms with E-state index in [4.69, 9.17) is 9.90 Å². The Hall–Kier alpha value is 0.343. The third-order valence-corrected chi connectivity index (χ3v) is 0. The molecule has 0 spiro atoms. The second-order valence-corrected chi connectivity index (χ2v) is 0.519. The normalized spacial score (nSPS) is 3.57. The van der Waals surface area contributed by atoms with Gasteiger partial charge in [-0.1, -0.05) is 0 Å². The first kappa shape index (κ1) is 26.4. The van der Waals surface area contributed by atoms with E-state index in [0.29, 0.717) is 0 Å². The zero-order valence-electron chi connectivity index (χ0n) is 4.18. The predicted molar refractivity (Wildman–Crippen MR) is 25.6 cm³/mol. The third kappa shape index (κ3) is 1010. The van der Waals surface area contributed by atoms with Crippen molar-refractivity contribution in [2.75, 3.05) is 0 Å². The van der Waals surface area contributed by atoms with Crippen molar-refractivity contribution in [3.63, 3.8) is 0 Å². The van der Waals surface area contributed by atoms with Gasteiger partial charge < -0.3 is 11.3 Å². The molecule has 0 radical (unpaired) electrons. The molecule has 0 saturated carbocycles. The summed E-state index contributed by atoms with van der Waals surface area (Å²) in [5.74, 6) is -0.833. The summed E-state index contributed by atoms with van der Waals surface area (Å²) in [6.45, 7) is 1.08. The molecule has 0 aliphatic rings. The van der Waals surface area contributed by atoms with Crippen LogP contribution in [0.2, 0.25) is 0 Å². The van der Waals surface area contributed by atoms with Gasteiger partial charge in [0.05, 0.1) is 0 Å². The van der Waals surface area contributed by atoms with Crippen molar-refractivity contribution >= 4 is 18.4 Å². The van der Waals surface area contributed by atoms with Gasteiger partial charge in [-0.25, -0.2) is 0 Å². The summed E-state index contributed by atoms with van der Waals surface area (Å²) in [6, 6.07) is 0. The molecule has 0 bridgehead atoms. The average Bonchev–Trinajstić information content (AvgIpc) is 0.811. The van der Waals surface area contributed by atoms with E-state index in [1.54, 1.807) is 0 Å². The van der Waals surface area contributed by atoms with Crippen molar-refractivity contribution in [3.8, 4) is 0 Å². The maximum absolute atomic E-state index is 9.00. The summed E-state index contributed by atoms with van der Waals surface area (Å²) in [7, 11) is 0. The molecule has 0 atom stereocenters. The Bertz CT molecular complexity index is 38.7. The average molecular weight is 179 g/mol. The van der Waals surface area contributed by atoms with Crippen LogP contribution in [0.1, 0.15) is 6.92 Å². The van der Waals surface area contributed by atoms with E-state index in [1.807, 2.05) is 0 Å². The van der Waals surface area contributed by atoms with Gasteiger partial charge in [-0.3, -0.25) is 4.79 Å². The SMILES string of the molecule is CC(=O)O.Cl.N.[Zn]. The predicted octanol–water partition coefficient (Wildman–Crippen LogP) is 0.672. The standard InChI is InChI=1S/C2H4O2.ClH.H3N.Zn/c1-2(3)4;;;/h1H3,(H,3,4);1H;1H3;. The van der Waals surface area contributed by atoms with Crippen LogP contribution in [0, 0.1) is 0 Å². The summed E-state index contributed by atoms with van der Waals surface area (Å²) >= 11 is 0. The van der Waals surface area contributed by atoms with Crippen LogP contribution in [0.4, 0.5) is 0 Å². The van der Waals surface area contributed by atoms with E-state index in [9.17, 15) is 0 Å². The fourth-order valence-electron chi connectivity index (χ4n) is 0. The van der Waals surface area contributed by atoms with Gasteiger partial charge in [0.15, 0.2) is 0 Å². The molecule has 0 fully saturated rings. The van der Waals surface area contributed by atoms with E-state index in [0.717, 1.165) is 6.92 Å². The van der Waals surface area contributed by atoms with E-state index >= 15 is 0 Å². The summed E-state index contributed by atoms with van der Waals surface area (Å²) in [5, 5.41) is 7.42. The molecule has 0 saturated heterocycles. The number of carboxylic acids is 1. The maximum Gasteiger partial charge on any atom is 0.300 e. The van der Waals surface area contributed by atoms with Gasteiger partial charge in [0, 0.05) is 26.4 Å². The third-order valence-electron chi connectivity index (χ3n) is 0. The molecule has 0 aromatic rings. The topological polar surface area (TPSA) is 72.3 Å². The molecule has 0 aromatic heterocycles. The Morgan fingerprint density at radius 2 is 1.57 bits per heavy atom. The maximum atomic E-state index is 9.00. The zero-order chi connectivity index (χ0) is 3.58. The van der Waals surface area contributed by atoms with Gasteiger partial charge in [0.25, 0.3) is 5.97 Å². The number of halogens is 1. The van der Waals surface area contributed by atoms with E-state index in [-0.39, 0.29) is 38.0 Å². The summed E-state index contributed by atoms with van der Waals surface area (Å²) in [4.78, 5) is 9.00. The Kier molecular flexibility index (Phi) is 61.2.